The van der Waals surface area contributed by atoms with E-state index in [9.17, 15) is 9.59 Å². The summed E-state index contributed by atoms with van der Waals surface area (Å²) < 4.78 is 0. The van der Waals surface area contributed by atoms with Crippen LogP contribution in [0.1, 0.15) is 27.8 Å². The molecule has 4 rings (SSSR count). The van der Waals surface area contributed by atoms with E-state index in [0.717, 1.165) is 33.5 Å². The smallest absolute Gasteiger partial charge is 0.282 e. The Labute approximate surface area is 176 Å². The molecular formula is C26H24N2O2. The molecule has 0 atom stereocenters. The van der Waals surface area contributed by atoms with Gasteiger partial charge in [-0.2, -0.15) is 0 Å². The van der Waals surface area contributed by atoms with Gasteiger partial charge < -0.3 is 5.32 Å². The molecule has 0 aromatic heterocycles. The molecule has 0 saturated carbocycles. The summed E-state index contributed by atoms with van der Waals surface area (Å²) >= 11 is 0. The van der Waals surface area contributed by atoms with Gasteiger partial charge in [0.2, 0.25) is 0 Å². The normalized spacial score (nSPS) is 13.9. The Morgan fingerprint density at radius 3 is 1.97 bits per heavy atom. The van der Waals surface area contributed by atoms with Crippen LogP contribution in [0.3, 0.4) is 0 Å². The number of anilines is 2. The Morgan fingerprint density at radius 1 is 0.700 bits per heavy atom. The quantitative estimate of drug-likeness (QED) is 0.608. The van der Waals surface area contributed by atoms with E-state index in [4.69, 9.17) is 0 Å². The number of para-hydroxylation sites is 1. The van der Waals surface area contributed by atoms with E-state index in [2.05, 4.69) is 5.32 Å². The van der Waals surface area contributed by atoms with Crippen molar-refractivity contribution in [3.05, 3.63) is 100 Å². The van der Waals surface area contributed by atoms with E-state index in [-0.39, 0.29) is 11.8 Å². The molecular weight excluding hydrogens is 372 g/mol. The number of nitrogens with one attached hydrogen (secondary N) is 1. The predicted octanol–water partition coefficient (Wildman–Crippen LogP) is 5.32. The number of imide groups is 1. The van der Waals surface area contributed by atoms with Crippen molar-refractivity contribution in [2.45, 2.75) is 27.7 Å². The minimum Gasteiger partial charge on any atom is -0.350 e. The number of hydrogen-bond donors (Lipinski definition) is 1. The third-order valence-corrected chi connectivity index (χ3v) is 5.29. The van der Waals surface area contributed by atoms with Gasteiger partial charge in [-0.3, -0.25) is 9.59 Å². The molecule has 1 N–H and O–H groups in total. The molecule has 0 aliphatic carbocycles. The zero-order valence-electron chi connectivity index (χ0n) is 17.6. The van der Waals surface area contributed by atoms with Crippen molar-refractivity contribution < 1.29 is 9.59 Å². The third kappa shape index (κ3) is 3.52. The van der Waals surface area contributed by atoms with Crippen LogP contribution in [0.25, 0.3) is 5.57 Å². The topological polar surface area (TPSA) is 49.4 Å². The second-order valence-corrected chi connectivity index (χ2v) is 7.85. The molecule has 1 heterocycles. The molecule has 1 aliphatic heterocycles. The van der Waals surface area contributed by atoms with E-state index in [1.807, 2.05) is 94.4 Å². The average Bonchev–Trinajstić information content (AvgIpc) is 2.93. The average molecular weight is 396 g/mol. The minimum atomic E-state index is -0.344. The van der Waals surface area contributed by atoms with Crippen LogP contribution < -0.4 is 10.2 Å². The zero-order valence-corrected chi connectivity index (χ0v) is 17.6. The summed E-state index contributed by atoms with van der Waals surface area (Å²) in [6, 6.07) is 21.2. The molecule has 150 valence electrons. The molecule has 0 saturated heterocycles. The maximum atomic E-state index is 13.5. The number of amides is 2. The first-order valence-electron chi connectivity index (χ1n) is 9.96. The summed E-state index contributed by atoms with van der Waals surface area (Å²) in [5.41, 5.74) is 6.91. The predicted molar refractivity (Wildman–Crippen MR) is 121 cm³/mol. The Hall–Kier alpha value is -3.66. The molecule has 3 aromatic carbocycles. The summed E-state index contributed by atoms with van der Waals surface area (Å²) in [5.74, 6) is -0.659. The van der Waals surface area contributed by atoms with Gasteiger partial charge in [0.05, 0.1) is 11.3 Å². The number of carbonyl (C=O) groups is 2. The molecule has 4 heteroatoms. The zero-order chi connectivity index (χ0) is 21.4. The fourth-order valence-corrected chi connectivity index (χ4v) is 3.80. The standard InChI is InChI=1S/C26H24N2O2/c1-16-9-11-20(12-10-16)23-24(27-22-8-6-5-7-19(22)4)26(30)28(25(23)29)21-14-17(2)13-18(3)15-21/h5-15,27H,1-4H3. The highest BCUT2D eigenvalue weighted by Gasteiger charge is 2.40. The van der Waals surface area contributed by atoms with Crippen LogP contribution >= 0.6 is 0 Å². The second kappa shape index (κ2) is 7.64. The largest absolute Gasteiger partial charge is 0.350 e. The van der Waals surface area contributed by atoms with Gasteiger partial charge in [-0.1, -0.05) is 54.1 Å². The molecule has 0 unspecified atom stereocenters. The molecule has 0 radical (unpaired) electrons. The first-order chi connectivity index (χ1) is 14.3. The number of hydrogen-bond acceptors (Lipinski definition) is 3. The van der Waals surface area contributed by atoms with Crippen LogP contribution in [0.5, 0.6) is 0 Å². The lowest BCUT2D eigenvalue weighted by Gasteiger charge is -2.17. The maximum absolute atomic E-state index is 13.5. The van der Waals surface area contributed by atoms with Crippen molar-refractivity contribution in [3.8, 4) is 0 Å². The number of rotatable bonds is 4. The molecule has 30 heavy (non-hydrogen) atoms. The van der Waals surface area contributed by atoms with Gasteiger partial charge in [-0.05, 0) is 68.1 Å². The maximum Gasteiger partial charge on any atom is 0.282 e. The van der Waals surface area contributed by atoms with Gasteiger partial charge in [0, 0.05) is 5.69 Å². The first-order valence-corrected chi connectivity index (χ1v) is 9.96. The van der Waals surface area contributed by atoms with Crippen molar-refractivity contribution in [2.75, 3.05) is 10.2 Å². The molecule has 0 spiro atoms. The fraction of sp³-hybridized carbons (Fsp3) is 0.154. The number of nitrogens with zero attached hydrogens (tertiary/aromatic N) is 1. The Balaban J connectivity index is 1.86. The van der Waals surface area contributed by atoms with Gasteiger partial charge in [-0.25, -0.2) is 4.90 Å². The summed E-state index contributed by atoms with van der Waals surface area (Å²) in [6.45, 7) is 7.89. The van der Waals surface area contributed by atoms with Crippen molar-refractivity contribution >= 4 is 28.8 Å². The number of carbonyl (C=O) groups excluding carboxylic acids is 2. The molecule has 4 nitrogen and oxygen atoms in total. The summed E-state index contributed by atoms with van der Waals surface area (Å²) in [6.07, 6.45) is 0. The molecule has 1 aliphatic rings. The van der Waals surface area contributed by atoms with E-state index in [1.165, 1.54) is 4.90 Å². The Kier molecular flexibility index (Phi) is 5.00. The lowest BCUT2D eigenvalue weighted by molar-refractivity contribution is -0.120. The van der Waals surface area contributed by atoms with E-state index >= 15 is 0 Å². The van der Waals surface area contributed by atoms with Crippen LogP contribution in [0, 0.1) is 27.7 Å². The lowest BCUT2D eigenvalue weighted by atomic mass is 10.0. The van der Waals surface area contributed by atoms with Crippen LogP contribution in [0.15, 0.2) is 72.4 Å². The van der Waals surface area contributed by atoms with Gasteiger partial charge in [0.15, 0.2) is 0 Å². The summed E-state index contributed by atoms with van der Waals surface area (Å²) in [7, 11) is 0. The Bertz CT molecular complexity index is 1170. The van der Waals surface area contributed by atoms with Gasteiger partial charge in [0.1, 0.15) is 5.70 Å². The number of benzene rings is 3. The van der Waals surface area contributed by atoms with Crippen molar-refractivity contribution in [2.24, 2.45) is 0 Å². The summed E-state index contributed by atoms with van der Waals surface area (Å²) in [4.78, 5) is 28.3. The highest BCUT2D eigenvalue weighted by atomic mass is 16.2. The second-order valence-electron chi connectivity index (χ2n) is 7.85. The Morgan fingerprint density at radius 2 is 1.33 bits per heavy atom. The van der Waals surface area contributed by atoms with Crippen LogP contribution in [-0.2, 0) is 9.59 Å². The van der Waals surface area contributed by atoms with Crippen molar-refractivity contribution in [1.29, 1.82) is 0 Å². The first kappa shape index (κ1) is 19.6. The van der Waals surface area contributed by atoms with Crippen molar-refractivity contribution in [1.82, 2.24) is 0 Å². The molecule has 0 fully saturated rings. The lowest BCUT2D eigenvalue weighted by Crippen LogP contribution is -2.32. The molecule has 2 amide bonds. The molecule has 0 bridgehead atoms. The number of aryl methyl sites for hydroxylation is 4. The monoisotopic (exact) mass is 396 g/mol. The van der Waals surface area contributed by atoms with Crippen LogP contribution in [0.4, 0.5) is 11.4 Å². The van der Waals surface area contributed by atoms with Gasteiger partial charge in [0.25, 0.3) is 11.8 Å². The van der Waals surface area contributed by atoms with Crippen LogP contribution in [-0.4, -0.2) is 11.8 Å². The van der Waals surface area contributed by atoms with E-state index < -0.39 is 0 Å². The van der Waals surface area contributed by atoms with E-state index in [0.29, 0.717) is 17.0 Å². The van der Waals surface area contributed by atoms with Crippen molar-refractivity contribution in [3.63, 3.8) is 0 Å². The SMILES string of the molecule is Cc1ccc(C2=C(Nc3ccccc3C)C(=O)N(c3cc(C)cc(C)c3)C2=O)cc1. The van der Waals surface area contributed by atoms with Gasteiger partial charge in [-0.15, -0.1) is 0 Å². The summed E-state index contributed by atoms with van der Waals surface area (Å²) in [5, 5.41) is 3.25. The minimum absolute atomic E-state index is 0.303. The fourth-order valence-electron chi connectivity index (χ4n) is 3.80. The molecule has 3 aromatic rings. The highest BCUT2D eigenvalue weighted by Crippen LogP contribution is 2.35. The van der Waals surface area contributed by atoms with Crippen LogP contribution in [0.2, 0.25) is 0 Å². The third-order valence-electron chi connectivity index (χ3n) is 5.29. The van der Waals surface area contributed by atoms with Gasteiger partial charge >= 0.3 is 0 Å². The van der Waals surface area contributed by atoms with E-state index in [1.54, 1.807) is 0 Å². The highest BCUT2D eigenvalue weighted by molar-refractivity contribution is 6.46.